The van der Waals surface area contributed by atoms with Crippen LogP contribution in [0.3, 0.4) is 0 Å². The van der Waals surface area contributed by atoms with E-state index in [1.165, 1.54) is 24.3 Å². The zero-order chi connectivity index (χ0) is 17.9. The fourth-order valence-corrected chi connectivity index (χ4v) is 3.01. The molecule has 3 atom stereocenters. The molecule has 2 rings (SSSR count). The van der Waals surface area contributed by atoms with Crippen molar-refractivity contribution < 1.29 is 14.3 Å². The van der Waals surface area contributed by atoms with Gasteiger partial charge in [-0.25, -0.2) is 4.39 Å². The Balaban J connectivity index is 1.95. The van der Waals surface area contributed by atoms with Crippen LogP contribution in [0, 0.1) is 19.7 Å². The molecular weight excluding hydrogens is 309 g/mol. The maximum Gasteiger partial charge on any atom is 0.220 e. The first-order chi connectivity index (χ1) is 11.3. The second-order valence-electron chi connectivity index (χ2n) is 6.31. The molecule has 1 aromatic heterocycles. The average molecular weight is 333 g/mol. The predicted molar refractivity (Wildman–Crippen MR) is 90.1 cm³/mol. The van der Waals surface area contributed by atoms with E-state index in [1.54, 1.807) is 6.92 Å². The highest BCUT2D eigenvalue weighted by Crippen LogP contribution is 2.24. The van der Waals surface area contributed by atoms with Gasteiger partial charge in [-0.15, -0.1) is 0 Å². The molecule has 0 fully saturated rings. The summed E-state index contributed by atoms with van der Waals surface area (Å²) in [6.07, 6.45) is -0.580. The Labute approximate surface area is 141 Å². The van der Waals surface area contributed by atoms with Gasteiger partial charge in [-0.05, 0) is 49.9 Å². The molecule has 1 aromatic carbocycles. The number of hydrogen-bond acceptors (Lipinski definition) is 3. The number of aliphatic hydroxyl groups excluding tert-OH is 1. The van der Waals surface area contributed by atoms with Gasteiger partial charge < -0.3 is 10.4 Å². The lowest BCUT2D eigenvalue weighted by molar-refractivity contribution is -0.122. The minimum Gasteiger partial charge on any atom is -0.386 e. The van der Waals surface area contributed by atoms with Crippen LogP contribution in [-0.2, 0) is 4.79 Å². The molecule has 0 bridgehead atoms. The maximum absolute atomic E-state index is 12.9. The number of carbonyl (C=O) groups excluding carboxylic acids is 1. The molecule has 24 heavy (non-hydrogen) atoms. The molecule has 6 heteroatoms. The van der Waals surface area contributed by atoms with Crippen LogP contribution in [0.2, 0.25) is 0 Å². The van der Waals surface area contributed by atoms with Crippen molar-refractivity contribution in [2.24, 2.45) is 0 Å². The molecule has 1 amide bonds. The van der Waals surface area contributed by atoms with Gasteiger partial charge in [-0.2, -0.15) is 5.10 Å². The Morgan fingerprint density at radius 3 is 2.46 bits per heavy atom. The van der Waals surface area contributed by atoms with Crippen molar-refractivity contribution in [1.82, 2.24) is 15.5 Å². The third kappa shape index (κ3) is 4.20. The molecule has 1 heterocycles. The van der Waals surface area contributed by atoms with Crippen molar-refractivity contribution in [1.29, 1.82) is 0 Å². The molecule has 0 saturated carbocycles. The van der Waals surface area contributed by atoms with E-state index < -0.39 is 12.1 Å². The second-order valence-corrected chi connectivity index (χ2v) is 6.31. The van der Waals surface area contributed by atoms with Crippen LogP contribution in [0.15, 0.2) is 24.3 Å². The van der Waals surface area contributed by atoms with Crippen molar-refractivity contribution >= 4 is 5.91 Å². The van der Waals surface area contributed by atoms with Crippen LogP contribution in [0.4, 0.5) is 4.39 Å². The van der Waals surface area contributed by atoms with Gasteiger partial charge in [0, 0.05) is 12.1 Å². The van der Waals surface area contributed by atoms with Gasteiger partial charge >= 0.3 is 0 Å². The molecule has 0 aliphatic heterocycles. The minimum atomic E-state index is -0.887. The van der Waals surface area contributed by atoms with Crippen LogP contribution in [0.1, 0.15) is 54.8 Å². The molecule has 0 saturated heterocycles. The summed E-state index contributed by atoms with van der Waals surface area (Å²) >= 11 is 0. The zero-order valence-electron chi connectivity index (χ0n) is 14.4. The van der Waals surface area contributed by atoms with E-state index >= 15 is 0 Å². The first kappa shape index (κ1) is 18.1. The summed E-state index contributed by atoms with van der Waals surface area (Å²) in [4.78, 5) is 12.3. The highest BCUT2D eigenvalue weighted by Gasteiger charge is 2.22. The summed E-state index contributed by atoms with van der Waals surface area (Å²) < 4.78 is 12.9. The number of aromatic nitrogens is 2. The number of amides is 1. The number of hydrogen-bond donors (Lipinski definition) is 3. The largest absolute Gasteiger partial charge is 0.386 e. The van der Waals surface area contributed by atoms with Gasteiger partial charge in [0.15, 0.2) is 0 Å². The quantitative estimate of drug-likeness (QED) is 0.760. The predicted octanol–water partition coefficient (Wildman–Crippen LogP) is 2.90. The lowest BCUT2D eigenvalue weighted by atomic mass is 9.95. The monoisotopic (exact) mass is 333 g/mol. The zero-order valence-corrected chi connectivity index (χ0v) is 14.4. The van der Waals surface area contributed by atoms with Gasteiger partial charge in [0.1, 0.15) is 5.82 Å². The van der Waals surface area contributed by atoms with E-state index in [-0.39, 0.29) is 17.6 Å². The molecule has 5 nitrogen and oxygen atoms in total. The Morgan fingerprint density at radius 1 is 1.29 bits per heavy atom. The van der Waals surface area contributed by atoms with Gasteiger partial charge in [0.25, 0.3) is 0 Å². The number of benzene rings is 1. The number of H-pyrrole nitrogens is 1. The van der Waals surface area contributed by atoms with Crippen molar-refractivity contribution in [2.45, 2.75) is 52.2 Å². The van der Waals surface area contributed by atoms with Gasteiger partial charge in [0.05, 0.1) is 17.8 Å². The fourth-order valence-electron chi connectivity index (χ4n) is 3.01. The van der Waals surface area contributed by atoms with E-state index in [4.69, 9.17) is 0 Å². The number of nitrogens with one attached hydrogen (secondary N) is 2. The molecular formula is C18H24FN3O2. The van der Waals surface area contributed by atoms with Crippen molar-refractivity contribution in [2.75, 3.05) is 0 Å². The Hall–Kier alpha value is -2.21. The van der Waals surface area contributed by atoms with E-state index in [9.17, 15) is 14.3 Å². The number of aliphatic hydroxyl groups is 1. The lowest BCUT2D eigenvalue weighted by Crippen LogP contribution is -2.37. The molecule has 0 unspecified atom stereocenters. The number of aromatic amines is 1. The highest BCUT2D eigenvalue weighted by molar-refractivity contribution is 5.77. The number of rotatable bonds is 6. The van der Waals surface area contributed by atoms with Gasteiger partial charge in [0.2, 0.25) is 5.91 Å². The topological polar surface area (TPSA) is 78.0 Å². The van der Waals surface area contributed by atoms with Crippen LogP contribution >= 0.6 is 0 Å². The smallest absolute Gasteiger partial charge is 0.220 e. The summed E-state index contributed by atoms with van der Waals surface area (Å²) in [7, 11) is 0. The lowest BCUT2D eigenvalue weighted by Gasteiger charge is -2.22. The normalized spacial score (nSPS) is 14.9. The molecule has 0 aliphatic carbocycles. The third-order valence-electron chi connectivity index (χ3n) is 4.24. The second kappa shape index (κ2) is 7.57. The summed E-state index contributed by atoms with van der Waals surface area (Å²) in [6, 6.07) is 5.15. The number of nitrogens with zero attached hydrogens (tertiary/aromatic N) is 1. The van der Waals surface area contributed by atoms with Gasteiger partial charge in [-0.3, -0.25) is 9.89 Å². The molecule has 0 spiro atoms. The number of carbonyl (C=O) groups is 1. The molecule has 0 aliphatic rings. The van der Waals surface area contributed by atoms with E-state index in [0.717, 1.165) is 17.0 Å². The molecule has 130 valence electrons. The summed E-state index contributed by atoms with van der Waals surface area (Å²) in [6.45, 7) is 7.55. The highest BCUT2D eigenvalue weighted by atomic mass is 19.1. The van der Waals surface area contributed by atoms with Gasteiger partial charge in [-0.1, -0.05) is 19.1 Å². The maximum atomic E-state index is 12.9. The summed E-state index contributed by atoms with van der Waals surface area (Å²) in [5.41, 5.74) is 3.48. The SMILES string of the molecule is Cc1n[nH]c(C)c1[C@H](C)CC(=O)N[C@H](C)[C@H](O)c1ccc(F)cc1. The molecule has 0 radical (unpaired) electrons. The van der Waals surface area contributed by atoms with E-state index in [2.05, 4.69) is 15.5 Å². The number of aryl methyl sites for hydroxylation is 2. The first-order valence-corrected chi connectivity index (χ1v) is 8.04. The van der Waals surface area contributed by atoms with Crippen LogP contribution in [-0.4, -0.2) is 27.3 Å². The van der Waals surface area contributed by atoms with Crippen molar-refractivity contribution in [3.05, 3.63) is 52.6 Å². The Morgan fingerprint density at radius 2 is 1.92 bits per heavy atom. The fraction of sp³-hybridized carbons (Fsp3) is 0.444. The van der Waals surface area contributed by atoms with Crippen LogP contribution in [0.25, 0.3) is 0 Å². The standard InChI is InChI=1S/C18H24FN3O2/c1-10(17-11(2)21-22-12(17)3)9-16(23)20-13(4)18(24)14-5-7-15(19)8-6-14/h5-8,10,13,18,24H,9H2,1-4H3,(H,20,23)(H,21,22)/t10-,13-,18+/m1/s1. The summed E-state index contributed by atoms with van der Waals surface area (Å²) in [5, 5.41) is 20.2. The van der Waals surface area contributed by atoms with Crippen molar-refractivity contribution in [3.63, 3.8) is 0 Å². The average Bonchev–Trinajstić information content (AvgIpc) is 2.86. The minimum absolute atomic E-state index is 0.0268. The van der Waals surface area contributed by atoms with E-state index in [1.807, 2.05) is 20.8 Å². The summed E-state index contributed by atoms with van der Waals surface area (Å²) in [5.74, 6) is -0.475. The Bertz CT molecular complexity index is 677. The molecule has 2 aromatic rings. The van der Waals surface area contributed by atoms with Crippen molar-refractivity contribution in [3.8, 4) is 0 Å². The van der Waals surface area contributed by atoms with Crippen LogP contribution in [0.5, 0.6) is 0 Å². The molecule has 3 N–H and O–H groups in total. The van der Waals surface area contributed by atoms with E-state index in [0.29, 0.717) is 12.0 Å². The first-order valence-electron chi connectivity index (χ1n) is 8.04. The van der Waals surface area contributed by atoms with Crippen LogP contribution < -0.4 is 5.32 Å². The number of halogens is 1. The third-order valence-corrected chi connectivity index (χ3v) is 4.24. The Kier molecular flexibility index (Phi) is 5.72.